The van der Waals surface area contributed by atoms with Gasteiger partial charge in [-0.3, -0.25) is 4.99 Å². The molecule has 0 aromatic carbocycles. The lowest BCUT2D eigenvalue weighted by Crippen LogP contribution is -2.39. The highest BCUT2D eigenvalue weighted by atomic mass is 32.1. The van der Waals surface area contributed by atoms with Crippen molar-refractivity contribution in [1.82, 2.24) is 4.90 Å². The van der Waals surface area contributed by atoms with Crippen LogP contribution in [-0.4, -0.2) is 75.4 Å². The van der Waals surface area contributed by atoms with Gasteiger partial charge in [-0.05, 0) is 42.5 Å². The van der Waals surface area contributed by atoms with E-state index in [0.29, 0.717) is 0 Å². The third kappa shape index (κ3) is 6.65. The van der Waals surface area contributed by atoms with Crippen LogP contribution in [0.5, 0.6) is 0 Å². The van der Waals surface area contributed by atoms with Crippen molar-refractivity contribution >= 4 is 35.2 Å². The van der Waals surface area contributed by atoms with E-state index in [0.717, 1.165) is 18.9 Å². The summed E-state index contributed by atoms with van der Waals surface area (Å²) in [5, 5.41) is 34.7. The van der Waals surface area contributed by atoms with Crippen LogP contribution in [0.3, 0.4) is 0 Å². The Balaban J connectivity index is 0.000000275. The molecule has 0 spiro atoms. The summed E-state index contributed by atoms with van der Waals surface area (Å²) in [6, 6.07) is 2.15. The number of carboxylic acid groups (broad SMARTS) is 2. The van der Waals surface area contributed by atoms with E-state index in [2.05, 4.69) is 47.5 Å². The van der Waals surface area contributed by atoms with Gasteiger partial charge in [-0.2, -0.15) is 0 Å². The van der Waals surface area contributed by atoms with Gasteiger partial charge in [0.05, 0.1) is 0 Å². The van der Waals surface area contributed by atoms with E-state index in [1.807, 2.05) is 0 Å². The van der Waals surface area contributed by atoms with Crippen LogP contribution in [0.1, 0.15) is 16.9 Å². The number of aliphatic imine (C=N–C) groups is 1. The summed E-state index contributed by atoms with van der Waals surface area (Å²) < 4.78 is 0. The maximum atomic E-state index is 9.77. The summed E-state index contributed by atoms with van der Waals surface area (Å²) in [5.74, 6) is -2.43. The number of hydrogen-bond acceptors (Lipinski definition) is 7. The van der Waals surface area contributed by atoms with Crippen molar-refractivity contribution < 1.29 is 30.0 Å². The molecule has 0 saturated carbocycles. The lowest BCUT2D eigenvalue weighted by Gasteiger charge is -2.22. The zero-order chi connectivity index (χ0) is 19.0. The minimum atomic E-state index is -2.27. The van der Waals surface area contributed by atoms with E-state index in [-0.39, 0.29) is 0 Å². The summed E-state index contributed by atoms with van der Waals surface area (Å²) in [5.41, 5.74) is 1.34. The lowest BCUT2D eigenvalue weighted by atomic mass is 10.2. The second-order valence-electron chi connectivity index (χ2n) is 5.38. The molecule has 4 N–H and O–H groups in total. The molecule has 1 aromatic rings. The molecule has 0 bridgehead atoms. The van der Waals surface area contributed by atoms with E-state index in [9.17, 15) is 9.59 Å². The Morgan fingerprint density at radius 3 is 2.28 bits per heavy atom. The number of amidine groups is 1. The van der Waals surface area contributed by atoms with Gasteiger partial charge in [-0.1, -0.05) is 0 Å². The minimum Gasteiger partial charge on any atom is -0.479 e. The van der Waals surface area contributed by atoms with Crippen LogP contribution in [0.15, 0.2) is 22.5 Å². The molecule has 0 fully saturated rings. The Hall–Kier alpha value is -2.23. The largest absolute Gasteiger partial charge is 0.479 e. The van der Waals surface area contributed by atoms with E-state index in [1.54, 1.807) is 11.3 Å². The number of aryl methyl sites for hydroxylation is 1. The Kier molecular flexibility index (Phi) is 8.26. The smallest absolute Gasteiger partial charge is 0.335 e. The highest BCUT2D eigenvalue weighted by Crippen LogP contribution is 2.17. The number of carboxylic acids is 2. The van der Waals surface area contributed by atoms with Gasteiger partial charge in [0.25, 0.3) is 0 Å². The van der Waals surface area contributed by atoms with Gasteiger partial charge in [-0.25, -0.2) is 9.59 Å². The highest BCUT2D eigenvalue weighted by Gasteiger charge is 2.29. The lowest BCUT2D eigenvalue weighted by molar-refractivity contribution is -0.165. The first-order valence-electron chi connectivity index (χ1n) is 7.53. The summed E-state index contributed by atoms with van der Waals surface area (Å²) in [6.45, 7) is 4.22. The maximum Gasteiger partial charge on any atom is 0.335 e. The molecular weight excluding hydrogens is 348 g/mol. The van der Waals surface area contributed by atoms with Crippen LogP contribution in [0.2, 0.25) is 0 Å². The van der Waals surface area contributed by atoms with Crippen molar-refractivity contribution in [3.8, 4) is 0 Å². The fourth-order valence-electron chi connectivity index (χ4n) is 1.89. The second-order valence-corrected chi connectivity index (χ2v) is 6.33. The van der Waals surface area contributed by atoms with E-state index >= 15 is 0 Å². The number of hydrogen-bond donors (Lipinski definition) is 4. The van der Waals surface area contributed by atoms with Crippen LogP contribution < -0.4 is 0 Å². The van der Waals surface area contributed by atoms with Crippen molar-refractivity contribution in [2.45, 2.75) is 25.6 Å². The van der Waals surface area contributed by atoms with Gasteiger partial charge >= 0.3 is 11.9 Å². The van der Waals surface area contributed by atoms with Crippen LogP contribution in [0.25, 0.3) is 6.08 Å². The Morgan fingerprint density at radius 2 is 1.84 bits per heavy atom. The average molecular weight is 370 g/mol. The van der Waals surface area contributed by atoms with Crippen LogP contribution in [-0.2, 0) is 9.59 Å². The number of rotatable bonds is 5. The predicted molar refractivity (Wildman–Crippen MR) is 94.9 cm³/mol. The zero-order valence-electron chi connectivity index (χ0n) is 14.0. The quantitative estimate of drug-likeness (QED) is 0.599. The molecule has 25 heavy (non-hydrogen) atoms. The van der Waals surface area contributed by atoms with Gasteiger partial charge in [0.2, 0.25) is 0 Å². The van der Waals surface area contributed by atoms with Crippen molar-refractivity contribution in [3.05, 3.63) is 28.0 Å². The molecule has 0 radical (unpaired) electrons. The summed E-state index contributed by atoms with van der Waals surface area (Å²) in [4.78, 5) is 27.6. The SMILES string of the molecule is Cc1ccsc1/C=C/C1=NCCCN1C.O=C(O)[C@@H](O)[C@@H](O)C(=O)O. The third-order valence-corrected chi connectivity index (χ3v) is 4.39. The van der Waals surface area contributed by atoms with Crippen molar-refractivity contribution in [3.63, 3.8) is 0 Å². The van der Waals surface area contributed by atoms with Gasteiger partial charge < -0.3 is 25.3 Å². The number of aliphatic hydroxyl groups is 2. The van der Waals surface area contributed by atoms with Crippen molar-refractivity contribution in [1.29, 1.82) is 0 Å². The first-order chi connectivity index (χ1) is 11.7. The Morgan fingerprint density at radius 1 is 1.24 bits per heavy atom. The molecule has 2 heterocycles. The molecular formula is C16H22N2O6S. The second kappa shape index (κ2) is 9.92. The average Bonchev–Trinajstić information content (AvgIpc) is 2.98. The number of likely N-dealkylation sites (N-methyl/N-ethyl adjacent to an activating group) is 1. The monoisotopic (exact) mass is 370 g/mol. The summed E-state index contributed by atoms with van der Waals surface area (Å²) in [7, 11) is 2.10. The standard InChI is InChI=1S/C12H16N2S.C4H6O6/c1-10-6-9-15-11(10)4-5-12-13-7-3-8-14(12)2;5-1(3(7)8)2(6)4(9)10/h4-6,9H,3,7-8H2,1-2H3;1-2,5-6H,(H,7,8)(H,9,10)/b5-4+;/t;1-,2+. The molecule has 0 unspecified atom stereocenters. The minimum absolute atomic E-state index is 0.966. The fraction of sp³-hybridized carbons (Fsp3) is 0.438. The van der Waals surface area contributed by atoms with Gasteiger partial charge in [0.1, 0.15) is 5.84 Å². The Bertz CT molecular complexity index is 637. The first-order valence-corrected chi connectivity index (χ1v) is 8.41. The molecule has 0 saturated heterocycles. The number of aliphatic carboxylic acids is 2. The van der Waals surface area contributed by atoms with Gasteiger partial charge in [0.15, 0.2) is 12.2 Å². The highest BCUT2D eigenvalue weighted by molar-refractivity contribution is 7.11. The van der Waals surface area contributed by atoms with Crippen LogP contribution in [0.4, 0.5) is 0 Å². The maximum absolute atomic E-state index is 9.77. The topological polar surface area (TPSA) is 131 Å². The Labute approximate surface area is 149 Å². The van der Waals surface area contributed by atoms with Crippen LogP contribution >= 0.6 is 11.3 Å². The number of nitrogens with zero attached hydrogens (tertiary/aromatic N) is 2. The van der Waals surface area contributed by atoms with E-state index in [1.165, 1.54) is 16.9 Å². The normalized spacial score (nSPS) is 16.6. The third-order valence-electron chi connectivity index (χ3n) is 3.41. The number of aliphatic hydroxyl groups excluding tert-OH is 2. The first kappa shape index (κ1) is 20.8. The number of thiophene rings is 1. The molecule has 138 valence electrons. The zero-order valence-corrected chi connectivity index (χ0v) is 14.8. The van der Waals surface area contributed by atoms with Crippen LogP contribution in [0, 0.1) is 6.92 Å². The van der Waals surface area contributed by atoms with Crippen molar-refractivity contribution in [2.24, 2.45) is 4.99 Å². The molecule has 2 atom stereocenters. The van der Waals surface area contributed by atoms with Gasteiger partial charge in [0, 0.05) is 25.0 Å². The molecule has 0 amide bonds. The van der Waals surface area contributed by atoms with E-state index < -0.39 is 24.1 Å². The fourth-order valence-corrected chi connectivity index (χ4v) is 2.71. The number of carbonyl (C=O) groups is 2. The molecule has 8 nitrogen and oxygen atoms in total. The molecule has 2 rings (SSSR count). The van der Waals surface area contributed by atoms with E-state index in [4.69, 9.17) is 20.4 Å². The molecule has 1 aromatic heterocycles. The molecule has 0 aliphatic carbocycles. The molecule has 1 aliphatic heterocycles. The van der Waals surface area contributed by atoms with Gasteiger partial charge in [-0.15, -0.1) is 11.3 Å². The predicted octanol–water partition coefficient (Wildman–Crippen LogP) is 0.681. The molecule has 9 heteroatoms. The van der Waals surface area contributed by atoms with Crippen molar-refractivity contribution in [2.75, 3.05) is 20.1 Å². The summed E-state index contributed by atoms with van der Waals surface area (Å²) >= 11 is 1.78. The molecule has 1 aliphatic rings. The summed E-state index contributed by atoms with van der Waals surface area (Å²) in [6.07, 6.45) is 0.930.